The highest BCUT2D eigenvalue weighted by Crippen LogP contribution is 2.33. The van der Waals surface area contributed by atoms with Crippen LogP contribution in [0.1, 0.15) is 25.0 Å². The Morgan fingerprint density at radius 3 is 1.55 bits per heavy atom. The van der Waals surface area contributed by atoms with E-state index in [1.165, 1.54) is 39.3 Å². The highest BCUT2D eigenvalue weighted by atomic mass is 79.9. The molecular formula is C40H38BBrN8O10S2. The molecule has 320 valence electrons. The van der Waals surface area contributed by atoms with Gasteiger partial charge in [0.2, 0.25) is 0 Å². The molecule has 0 unspecified atom stereocenters. The summed E-state index contributed by atoms with van der Waals surface area (Å²) < 4.78 is 78.3. The Kier molecular flexibility index (Phi) is 14.5. The van der Waals surface area contributed by atoms with Gasteiger partial charge in [-0.25, -0.2) is 36.8 Å². The van der Waals surface area contributed by atoms with E-state index in [0.717, 1.165) is 26.7 Å². The number of hydrogen-bond donors (Lipinski definition) is 4. The Hall–Kier alpha value is -6.46. The van der Waals surface area contributed by atoms with Crippen molar-refractivity contribution in [1.82, 2.24) is 30.2 Å². The Morgan fingerprint density at radius 1 is 0.629 bits per heavy atom. The normalized spacial score (nSPS) is 11.2. The number of hydrogen-bond acceptors (Lipinski definition) is 16. The average Bonchev–Trinajstić information content (AvgIpc) is 3.88. The van der Waals surface area contributed by atoms with E-state index in [0.29, 0.717) is 40.2 Å². The number of ether oxygens (including phenoxy) is 2. The number of halogens is 1. The van der Waals surface area contributed by atoms with Gasteiger partial charge in [0.15, 0.2) is 22.8 Å². The summed E-state index contributed by atoms with van der Waals surface area (Å²) in [5.41, 5.74) is 4.65. The molecule has 4 aromatic carbocycles. The quantitative estimate of drug-likeness (QED) is 0.106. The minimum absolute atomic E-state index is 0.0496. The molecule has 0 bridgehead atoms. The average molecular weight is 946 g/mol. The molecule has 8 aromatic rings. The van der Waals surface area contributed by atoms with Gasteiger partial charge < -0.3 is 28.6 Å². The second kappa shape index (κ2) is 19.9. The molecule has 8 rings (SSSR count). The van der Waals surface area contributed by atoms with Crippen LogP contribution in [0.25, 0.3) is 33.1 Å². The predicted molar refractivity (Wildman–Crippen MR) is 235 cm³/mol. The van der Waals surface area contributed by atoms with E-state index in [1.54, 1.807) is 67.0 Å². The van der Waals surface area contributed by atoms with Crippen molar-refractivity contribution >= 4 is 82.1 Å². The zero-order valence-corrected chi connectivity index (χ0v) is 36.6. The first kappa shape index (κ1) is 45.1. The van der Waals surface area contributed by atoms with Crippen molar-refractivity contribution in [3.63, 3.8) is 0 Å². The molecule has 0 fully saturated rings. The lowest BCUT2D eigenvalue weighted by Crippen LogP contribution is -2.30. The zero-order chi connectivity index (χ0) is 44.4. The molecule has 0 aliphatic heterocycles. The van der Waals surface area contributed by atoms with Crippen molar-refractivity contribution in [2.24, 2.45) is 0 Å². The van der Waals surface area contributed by atoms with E-state index in [-0.39, 0.29) is 32.9 Å². The molecule has 0 aliphatic rings. The van der Waals surface area contributed by atoms with Gasteiger partial charge >= 0.3 is 7.12 Å². The van der Waals surface area contributed by atoms with Crippen LogP contribution in [0.2, 0.25) is 0 Å². The van der Waals surface area contributed by atoms with Crippen LogP contribution in [0.15, 0.2) is 134 Å². The maximum Gasteiger partial charge on any atom is 0.491 e. The second-order valence-corrected chi connectivity index (χ2v) is 17.2. The Labute approximate surface area is 364 Å². The van der Waals surface area contributed by atoms with Crippen LogP contribution >= 0.6 is 15.9 Å². The van der Waals surface area contributed by atoms with Crippen molar-refractivity contribution in [2.75, 3.05) is 23.7 Å². The summed E-state index contributed by atoms with van der Waals surface area (Å²) in [5, 5.41) is 25.8. The Bertz CT molecular complexity index is 3020. The van der Waals surface area contributed by atoms with Crippen LogP contribution in [-0.4, -0.2) is 78.5 Å². The van der Waals surface area contributed by atoms with Crippen molar-refractivity contribution in [1.29, 1.82) is 0 Å². The van der Waals surface area contributed by atoms with E-state index in [9.17, 15) is 16.8 Å². The minimum atomic E-state index is -3.93. The fourth-order valence-electron chi connectivity index (χ4n) is 5.73. The predicted octanol–water partition coefficient (Wildman–Crippen LogP) is 5.78. The number of nitrogens with zero attached hydrogens (tertiary/aromatic N) is 6. The van der Waals surface area contributed by atoms with Crippen LogP contribution in [0.4, 0.5) is 11.6 Å². The van der Waals surface area contributed by atoms with E-state index in [2.05, 4.69) is 55.6 Å². The maximum atomic E-state index is 13.0. The molecule has 0 saturated heterocycles. The molecule has 62 heavy (non-hydrogen) atoms. The van der Waals surface area contributed by atoms with Gasteiger partial charge in [-0.3, -0.25) is 9.44 Å². The third kappa shape index (κ3) is 10.7. The standard InChI is InChI=1S/C20H18N4O4S.C16H15BrN2O4S.C4H5BN2O2/c1-3-13-4-7-17(27-2)19(8-13)29(25,26)24-20-16-6-5-14(9-18(16)28-23-20)15-10-21-12-22-11-15;1-3-10-4-7-13(22-2)15(8-10)24(20,21)19-16-12-6-5-11(17)9-14(12)23-18-16;8-5(9)4-1-6-3-7-2-4/h4-12H,3H2,1-2H3,(H,23,24);4-9H,3H2,1-2H3,(H,18,19);1-3,8-9H. The van der Waals surface area contributed by atoms with Crippen LogP contribution < -0.4 is 24.4 Å². The topological polar surface area (TPSA) is 255 Å². The van der Waals surface area contributed by atoms with Gasteiger partial charge in [0.05, 0.1) is 25.0 Å². The number of methoxy groups -OCH3 is 2. The number of aryl methyl sites for hydroxylation is 2. The SMILES string of the molecule is CCc1ccc(OC)c(S(=O)(=O)Nc2noc3cc(-c4cncnc4)ccc23)c1.CCc1ccc(OC)c(S(=O)(=O)Nc2noc3cc(Br)ccc23)c1.OB(O)c1cncnc1. The summed E-state index contributed by atoms with van der Waals surface area (Å²) in [6.07, 6.45) is 10.2. The van der Waals surface area contributed by atoms with E-state index >= 15 is 0 Å². The Balaban J connectivity index is 0.000000175. The first-order chi connectivity index (χ1) is 29.8. The van der Waals surface area contributed by atoms with Gasteiger partial charge in [-0.1, -0.05) is 58.3 Å². The number of aromatic nitrogens is 6. The lowest BCUT2D eigenvalue weighted by atomic mass is 9.83. The fourth-order valence-corrected chi connectivity index (χ4v) is 8.54. The molecule has 0 amide bonds. The first-order valence-corrected chi connectivity index (χ1v) is 22.2. The summed E-state index contributed by atoms with van der Waals surface area (Å²) in [7, 11) is -6.40. The van der Waals surface area contributed by atoms with Crippen molar-refractivity contribution in [2.45, 2.75) is 36.5 Å². The van der Waals surface area contributed by atoms with E-state index < -0.39 is 27.2 Å². The van der Waals surface area contributed by atoms with Crippen molar-refractivity contribution < 1.29 is 45.4 Å². The minimum Gasteiger partial charge on any atom is -0.495 e. The summed E-state index contributed by atoms with van der Waals surface area (Å²) in [6.45, 7) is 3.90. The molecule has 4 N–H and O–H groups in total. The number of benzene rings is 4. The van der Waals surface area contributed by atoms with E-state index in [4.69, 9.17) is 28.6 Å². The van der Waals surface area contributed by atoms with Gasteiger partial charge in [-0.05, 0) is 84.1 Å². The number of rotatable bonds is 12. The summed E-state index contributed by atoms with van der Waals surface area (Å²) in [6, 6.07) is 20.7. The Morgan fingerprint density at radius 2 is 1.10 bits per heavy atom. The number of nitrogens with one attached hydrogen (secondary N) is 2. The molecule has 22 heteroatoms. The van der Waals surface area contributed by atoms with Crippen molar-refractivity contribution in [3.05, 3.63) is 126 Å². The monoisotopic (exact) mass is 944 g/mol. The lowest BCUT2D eigenvalue weighted by Gasteiger charge is -2.11. The third-order valence-electron chi connectivity index (χ3n) is 8.99. The number of anilines is 2. The summed E-state index contributed by atoms with van der Waals surface area (Å²) in [4.78, 5) is 15.3. The maximum absolute atomic E-state index is 13.0. The van der Waals surface area contributed by atoms with Crippen LogP contribution in [0, 0.1) is 0 Å². The van der Waals surface area contributed by atoms with E-state index in [1.807, 2.05) is 32.0 Å². The molecule has 0 spiro atoms. The number of fused-ring (bicyclic) bond motifs is 2. The zero-order valence-electron chi connectivity index (χ0n) is 33.4. The fraction of sp³-hybridized carbons (Fsp3) is 0.150. The van der Waals surface area contributed by atoms with Crippen molar-refractivity contribution in [3.8, 4) is 22.6 Å². The molecule has 18 nitrogen and oxygen atoms in total. The molecule has 0 radical (unpaired) electrons. The largest absolute Gasteiger partial charge is 0.495 e. The molecule has 4 aromatic heterocycles. The smallest absolute Gasteiger partial charge is 0.491 e. The molecular weight excluding hydrogens is 907 g/mol. The molecule has 4 heterocycles. The van der Waals surface area contributed by atoms with Gasteiger partial charge in [0, 0.05) is 40.3 Å². The third-order valence-corrected chi connectivity index (χ3v) is 12.2. The molecule has 0 aliphatic carbocycles. The van der Waals surface area contributed by atoms with Gasteiger partial charge in [-0.2, -0.15) is 0 Å². The lowest BCUT2D eigenvalue weighted by molar-refractivity contribution is 0.402. The molecule has 0 atom stereocenters. The molecule has 0 saturated carbocycles. The van der Waals surface area contributed by atoms with Crippen LogP contribution in [0.3, 0.4) is 0 Å². The summed E-state index contributed by atoms with van der Waals surface area (Å²) >= 11 is 3.33. The second-order valence-electron chi connectivity index (χ2n) is 13.0. The number of sulfonamides is 2. The van der Waals surface area contributed by atoms with Gasteiger partial charge in [0.25, 0.3) is 20.0 Å². The summed E-state index contributed by atoms with van der Waals surface area (Å²) in [5.74, 6) is 0.783. The van der Waals surface area contributed by atoms with Gasteiger partial charge in [-0.15, -0.1) is 0 Å². The highest BCUT2D eigenvalue weighted by Gasteiger charge is 2.25. The van der Waals surface area contributed by atoms with Crippen LogP contribution in [-0.2, 0) is 32.9 Å². The van der Waals surface area contributed by atoms with Gasteiger partial charge in [0.1, 0.15) is 33.9 Å². The highest BCUT2D eigenvalue weighted by molar-refractivity contribution is 9.10. The van der Waals surface area contributed by atoms with Crippen LogP contribution in [0.5, 0.6) is 11.5 Å². The first-order valence-electron chi connectivity index (χ1n) is 18.5.